The smallest absolute Gasteiger partial charge is 0.264 e. The first-order valence-electron chi connectivity index (χ1n) is 20.6. The number of hydrogen-bond donors (Lipinski definition) is 1. The zero-order valence-corrected chi connectivity index (χ0v) is 35.2. The van der Waals surface area contributed by atoms with Gasteiger partial charge in [-0.1, -0.05) is 36.7 Å². The van der Waals surface area contributed by atoms with Crippen LogP contribution in [0.4, 0.5) is 5.69 Å². The zero-order chi connectivity index (χ0) is 39.5. The number of allylic oxidation sites excluding steroid dienone is 1. The summed E-state index contributed by atoms with van der Waals surface area (Å²) in [5.41, 5.74) is 2.88. The lowest BCUT2D eigenvalue weighted by Gasteiger charge is -2.53. The summed E-state index contributed by atoms with van der Waals surface area (Å²) < 4.78 is 53.0. The maximum absolute atomic E-state index is 13.7. The highest BCUT2D eigenvalue weighted by atomic mass is 35.5. The number of anilines is 1. The number of morpholine rings is 1. The Morgan fingerprint density at radius 1 is 1.16 bits per heavy atom. The van der Waals surface area contributed by atoms with E-state index in [0.29, 0.717) is 30.9 Å². The quantitative estimate of drug-likeness (QED) is 0.239. The molecule has 0 bridgehead atoms. The van der Waals surface area contributed by atoms with Gasteiger partial charge in [-0.25, -0.2) is 13.1 Å². The van der Waals surface area contributed by atoms with Crippen molar-refractivity contribution in [3.05, 3.63) is 70.3 Å². The number of methoxy groups -OCH3 is 2. The lowest BCUT2D eigenvalue weighted by atomic mass is 9.63. The van der Waals surface area contributed by atoms with Gasteiger partial charge in [0.25, 0.3) is 5.91 Å². The molecule has 1 saturated carbocycles. The lowest BCUT2D eigenvalue weighted by Crippen LogP contribution is -2.62. The predicted molar refractivity (Wildman–Crippen MR) is 221 cm³/mol. The third-order valence-electron chi connectivity index (χ3n) is 13.3. The summed E-state index contributed by atoms with van der Waals surface area (Å²) in [5, 5.41) is -0.0478. The molecule has 3 heterocycles. The van der Waals surface area contributed by atoms with Gasteiger partial charge in [-0.3, -0.25) is 14.6 Å². The van der Waals surface area contributed by atoms with Crippen LogP contribution >= 0.6 is 11.6 Å². The summed E-state index contributed by atoms with van der Waals surface area (Å²) in [6, 6.07) is 12.0. The number of carbonyl (C=O) groups excluding carboxylic acids is 1. The molecule has 1 amide bonds. The Labute approximate surface area is 339 Å². The van der Waals surface area contributed by atoms with Gasteiger partial charge in [0.05, 0.1) is 30.8 Å². The number of ether oxygens (including phenoxy) is 4. The van der Waals surface area contributed by atoms with Crippen LogP contribution in [0.3, 0.4) is 0 Å². The number of benzene rings is 2. The Morgan fingerprint density at radius 2 is 2.02 bits per heavy atom. The molecule has 2 aromatic carbocycles. The molecule has 2 aliphatic carbocycles. The van der Waals surface area contributed by atoms with Crippen LogP contribution in [0, 0.1) is 11.8 Å². The predicted octanol–water partition coefficient (Wildman–Crippen LogP) is 5.69. The summed E-state index contributed by atoms with van der Waals surface area (Å²) >= 11 is 6.52. The summed E-state index contributed by atoms with van der Waals surface area (Å²) in [6.45, 7) is 12.4. The van der Waals surface area contributed by atoms with Crippen LogP contribution in [-0.4, -0.2) is 127 Å². The van der Waals surface area contributed by atoms with Crippen molar-refractivity contribution in [2.75, 3.05) is 91.4 Å². The monoisotopic (exact) mass is 812 g/mol. The molecule has 3 fully saturated rings. The van der Waals surface area contributed by atoms with E-state index in [1.165, 1.54) is 18.2 Å². The van der Waals surface area contributed by atoms with Gasteiger partial charge in [0.2, 0.25) is 10.0 Å². The minimum absolute atomic E-state index is 0.278. The maximum atomic E-state index is 13.7. The van der Waals surface area contributed by atoms with Gasteiger partial charge >= 0.3 is 0 Å². The normalized spacial score (nSPS) is 27.3. The third-order valence-corrected chi connectivity index (χ3v) is 15.3. The molecule has 56 heavy (non-hydrogen) atoms. The second-order valence-corrected chi connectivity index (χ2v) is 19.3. The number of amides is 1. The number of nitrogens with one attached hydrogen (secondary N) is 1. The number of aryl methyl sites for hydroxylation is 1. The highest BCUT2D eigenvalue weighted by Crippen LogP contribution is 2.49. The Balaban J connectivity index is 1.20. The fourth-order valence-electron chi connectivity index (χ4n) is 9.90. The number of sulfonamides is 1. The van der Waals surface area contributed by atoms with E-state index in [2.05, 4.69) is 50.6 Å². The summed E-state index contributed by atoms with van der Waals surface area (Å²) in [6.07, 6.45) is 10.9. The molecular weight excluding hydrogens is 752 g/mol. The first-order chi connectivity index (χ1) is 27.0. The molecule has 0 radical (unpaired) electrons. The van der Waals surface area contributed by atoms with Crippen molar-refractivity contribution in [3.8, 4) is 5.75 Å². The average Bonchev–Trinajstić information content (AvgIpc) is 3.33. The van der Waals surface area contributed by atoms with E-state index in [9.17, 15) is 13.2 Å². The highest BCUT2D eigenvalue weighted by Gasteiger charge is 2.50. The molecular formula is C43H61ClN4O7S. The van der Waals surface area contributed by atoms with Crippen LogP contribution in [0.5, 0.6) is 5.75 Å². The van der Waals surface area contributed by atoms with Gasteiger partial charge in [0.1, 0.15) is 11.4 Å². The molecule has 1 N–H and O–H groups in total. The summed E-state index contributed by atoms with van der Waals surface area (Å²) in [5.74, 6) is 0.638. The minimum atomic E-state index is -3.92. The topological polar surface area (TPSA) is 110 Å². The summed E-state index contributed by atoms with van der Waals surface area (Å²) in [4.78, 5) is 21.2. The zero-order valence-electron chi connectivity index (χ0n) is 33.6. The van der Waals surface area contributed by atoms with Crippen LogP contribution in [0.1, 0.15) is 73.9 Å². The van der Waals surface area contributed by atoms with Crippen LogP contribution in [-0.2, 0) is 36.1 Å². The number of fused-ring (bicyclic) bond motifs is 4. The molecule has 13 heteroatoms. The number of rotatable bonds is 14. The lowest BCUT2D eigenvalue weighted by molar-refractivity contribution is -0.108. The number of hydrogen-bond acceptors (Lipinski definition) is 10. The van der Waals surface area contributed by atoms with Gasteiger partial charge in [0.15, 0.2) is 0 Å². The van der Waals surface area contributed by atoms with Crippen LogP contribution in [0.2, 0.25) is 5.02 Å². The number of piperazine rings is 1. The van der Waals surface area contributed by atoms with Crippen LogP contribution in [0.25, 0.3) is 0 Å². The molecule has 308 valence electrons. The maximum Gasteiger partial charge on any atom is 0.264 e. The number of nitrogens with zero attached hydrogens (tertiary/aromatic N) is 3. The molecule has 5 aliphatic rings. The van der Waals surface area contributed by atoms with Gasteiger partial charge < -0.3 is 23.8 Å². The van der Waals surface area contributed by atoms with E-state index in [0.717, 1.165) is 102 Å². The largest absolute Gasteiger partial charge is 0.490 e. The molecule has 1 spiro atoms. The van der Waals surface area contributed by atoms with Gasteiger partial charge in [0, 0.05) is 88.7 Å². The third kappa shape index (κ3) is 8.67. The number of carbonyl (C=O) groups is 1. The van der Waals surface area contributed by atoms with Gasteiger partial charge in [-0.15, -0.1) is 0 Å². The molecule has 7 rings (SSSR count). The van der Waals surface area contributed by atoms with Crippen LogP contribution in [0.15, 0.2) is 48.6 Å². The average molecular weight is 814 g/mol. The molecule has 3 aliphatic heterocycles. The van der Waals surface area contributed by atoms with Crippen molar-refractivity contribution >= 4 is 33.2 Å². The fourth-order valence-corrected chi connectivity index (χ4v) is 11.1. The Kier molecular flexibility index (Phi) is 13.1. The molecule has 6 atom stereocenters. The standard InChI is InChI=1S/C43H61ClN4O7S/c1-5-6-17-43(53-4,29-46-18-19-47-20-22-54-27-36(47)26-46)38-12-9-34(38)25-48-28-42(16-7-8-32-23-35(44)11-13-37(32)42)30-55-40-14-10-33(24-39(40)48)41(49)45-56(50,51)31(2)15-21-52-3/h6,10-11,13-14,17,23-24,31,34,36,38H,5,7-9,12,15-16,18-22,25-30H2,1-4H3,(H,45,49)/b17-6+/t31-,34-,36-,38+,42-,43+/m0/s1. The van der Waals surface area contributed by atoms with Crippen molar-refractivity contribution in [1.29, 1.82) is 0 Å². The molecule has 0 aromatic heterocycles. The Hall–Kier alpha value is -2.71. The van der Waals surface area contributed by atoms with Crippen molar-refractivity contribution < 1.29 is 32.2 Å². The van der Waals surface area contributed by atoms with Crippen molar-refractivity contribution in [2.24, 2.45) is 11.8 Å². The van der Waals surface area contributed by atoms with Crippen LogP contribution < -0.4 is 14.4 Å². The molecule has 2 saturated heterocycles. The van der Waals surface area contributed by atoms with Crippen molar-refractivity contribution in [2.45, 2.75) is 81.1 Å². The first kappa shape index (κ1) is 41.4. The number of halogens is 1. The first-order valence-corrected chi connectivity index (χ1v) is 22.5. The van der Waals surface area contributed by atoms with Crippen molar-refractivity contribution in [1.82, 2.24) is 14.5 Å². The highest BCUT2D eigenvalue weighted by molar-refractivity contribution is 7.90. The van der Waals surface area contributed by atoms with E-state index in [1.54, 1.807) is 13.0 Å². The molecule has 2 aromatic rings. The Bertz CT molecular complexity index is 1850. The van der Waals surface area contributed by atoms with E-state index < -0.39 is 26.8 Å². The SMILES string of the molecule is CC/C=C/[C@](CN1CCN2CCOC[C@@H]2C1)(OC)[C@@H]1CC[C@H]1CN1C[C@@]2(CCCc3cc(Cl)ccc32)COc2ccc(C(=O)NS(=O)(=O)[C@@H](C)CCOC)cc21. The van der Waals surface area contributed by atoms with Gasteiger partial charge in [-0.2, -0.15) is 0 Å². The van der Waals surface area contributed by atoms with E-state index in [-0.39, 0.29) is 29.9 Å². The van der Waals surface area contributed by atoms with E-state index in [4.69, 9.17) is 30.5 Å². The molecule has 11 nitrogen and oxygen atoms in total. The summed E-state index contributed by atoms with van der Waals surface area (Å²) in [7, 11) is -0.513. The second kappa shape index (κ2) is 17.6. The minimum Gasteiger partial charge on any atom is -0.490 e. The second-order valence-electron chi connectivity index (χ2n) is 16.8. The van der Waals surface area contributed by atoms with Crippen molar-refractivity contribution in [3.63, 3.8) is 0 Å². The van der Waals surface area contributed by atoms with E-state index in [1.807, 2.05) is 25.3 Å². The fraction of sp³-hybridized carbons (Fsp3) is 0.651. The van der Waals surface area contributed by atoms with Gasteiger partial charge in [-0.05, 0) is 105 Å². The Morgan fingerprint density at radius 3 is 2.79 bits per heavy atom. The molecule has 0 unspecified atom stereocenters. The van der Waals surface area contributed by atoms with E-state index >= 15 is 0 Å².